The van der Waals surface area contributed by atoms with Gasteiger partial charge in [-0.25, -0.2) is 13.5 Å². The molecular formula is C24H27ClF2N4S. The molecular weight excluding hydrogens is 450 g/mol. The van der Waals surface area contributed by atoms with E-state index in [0.717, 1.165) is 35.0 Å². The van der Waals surface area contributed by atoms with Crippen LogP contribution in [-0.4, -0.2) is 33.6 Å². The molecule has 2 atom stereocenters. The second-order valence-electron chi connectivity index (χ2n) is 7.69. The van der Waals surface area contributed by atoms with Crippen molar-refractivity contribution in [1.29, 1.82) is 0 Å². The van der Waals surface area contributed by atoms with E-state index in [1.807, 2.05) is 24.5 Å². The van der Waals surface area contributed by atoms with E-state index in [0.29, 0.717) is 17.5 Å². The Hall–Kier alpha value is -2.38. The normalized spacial score (nSPS) is 18.9. The van der Waals surface area contributed by atoms with Crippen molar-refractivity contribution in [1.82, 2.24) is 14.7 Å². The number of alkyl halides is 1. The van der Waals surface area contributed by atoms with Crippen LogP contribution in [0.1, 0.15) is 39.2 Å². The van der Waals surface area contributed by atoms with Crippen LogP contribution in [0.25, 0.3) is 5.57 Å². The van der Waals surface area contributed by atoms with Gasteiger partial charge >= 0.3 is 0 Å². The molecule has 0 radical (unpaired) electrons. The lowest BCUT2D eigenvalue weighted by atomic mass is 10.0. The predicted octanol–water partition coefficient (Wildman–Crippen LogP) is 7.10. The van der Waals surface area contributed by atoms with Crippen molar-refractivity contribution in [3.05, 3.63) is 81.7 Å². The average molecular weight is 477 g/mol. The van der Waals surface area contributed by atoms with Gasteiger partial charge in [0, 0.05) is 33.9 Å². The summed E-state index contributed by atoms with van der Waals surface area (Å²) in [6, 6.07) is 7.69. The molecule has 2 unspecified atom stereocenters. The quantitative estimate of drug-likeness (QED) is 0.461. The Balaban J connectivity index is 0.000000305. The topological polar surface area (TPSA) is 33.4 Å². The van der Waals surface area contributed by atoms with Crippen molar-refractivity contribution >= 4 is 34.8 Å². The molecule has 0 N–H and O–H groups in total. The van der Waals surface area contributed by atoms with E-state index in [2.05, 4.69) is 23.5 Å². The number of halogens is 3. The molecule has 1 fully saturated rings. The first kappa shape index (κ1) is 24.3. The third-order valence-electron chi connectivity index (χ3n) is 5.02. The Bertz CT molecular complexity index is 1040. The Morgan fingerprint density at radius 1 is 1.38 bits per heavy atom. The van der Waals surface area contributed by atoms with Crippen molar-refractivity contribution in [3.63, 3.8) is 0 Å². The van der Waals surface area contributed by atoms with E-state index >= 15 is 0 Å². The van der Waals surface area contributed by atoms with Crippen LogP contribution in [0.3, 0.4) is 0 Å². The zero-order chi connectivity index (χ0) is 23.3. The standard InChI is InChI=1S/C18H23FN4S.C6H4ClF/c1-5-8-24-13(3)18-20-10-15(17-9-12(2)11-22(17)18)16-6-7-23(21-16)14(4)19;7-5-2-1-3-6(8)4-5/h5-8,12,14H,3,9-11H2,1-2,4H3;1-4H/b8-5-;. The van der Waals surface area contributed by atoms with E-state index in [1.54, 1.807) is 30.1 Å². The van der Waals surface area contributed by atoms with Gasteiger partial charge in [-0.2, -0.15) is 5.10 Å². The van der Waals surface area contributed by atoms with Crippen molar-refractivity contribution in [3.8, 4) is 0 Å². The fraction of sp³-hybridized carbons (Fsp3) is 0.333. The monoisotopic (exact) mass is 476 g/mol. The van der Waals surface area contributed by atoms with Crippen molar-refractivity contribution in [2.24, 2.45) is 10.9 Å². The number of hydrogen-bond donors (Lipinski definition) is 0. The van der Waals surface area contributed by atoms with Gasteiger partial charge in [0.05, 0.1) is 12.2 Å². The zero-order valence-corrected chi connectivity index (χ0v) is 20.0. The number of fused-ring (bicyclic) bond motifs is 1. The maximum absolute atomic E-state index is 13.5. The fourth-order valence-electron chi connectivity index (χ4n) is 3.59. The van der Waals surface area contributed by atoms with Crippen LogP contribution >= 0.6 is 23.4 Å². The number of allylic oxidation sites excluding steroid dienone is 2. The number of amidine groups is 1. The Morgan fingerprint density at radius 2 is 2.16 bits per heavy atom. The maximum atomic E-state index is 13.5. The second-order valence-corrected chi connectivity index (χ2v) is 9.13. The molecule has 2 aromatic rings. The van der Waals surface area contributed by atoms with Crippen LogP contribution < -0.4 is 0 Å². The molecule has 0 bridgehead atoms. The minimum absolute atomic E-state index is 0.294. The number of thioether (sulfide) groups is 1. The van der Waals surface area contributed by atoms with Gasteiger partial charge in [-0.1, -0.05) is 49.0 Å². The van der Waals surface area contributed by atoms with Gasteiger partial charge in [0.1, 0.15) is 11.7 Å². The van der Waals surface area contributed by atoms with Gasteiger partial charge in [-0.15, -0.1) is 0 Å². The number of hydrogen-bond acceptors (Lipinski definition) is 4. The highest BCUT2D eigenvalue weighted by Gasteiger charge is 2.34. The summed E-state index contributed by atoms with van der Waals surface area (Å²) in [5.74, 6) is 1.22. The zero-order valence-electron chi connectivity index (χ0n) is 18.4. The average Bonchev–Trinajstić information content (AvgIpc) is 3.38. The second kappa shape index (κ2) is 11.0. The largest absolute Gasteiger partial charge is 0.329 e. The fourth-order valence-corrected chi connectivity index (χ4v) is 4.34. The summed E-state index contributed by atoms with van der Waals surface area (Å²) in [5, 5.41) is 6.84. The van der Waals surface area contributed by atoms with Gasteiger partial charge in [0.25, 0.3) is 0 Å². The first-order chi connectivity index (χ1) is 15.3. The van der Waals surface area contributed by atoms with E-state index in [4.69, 9.17) is 16.6 Å². The first-order valence-corrected chi connectivity index (χ1v) is 11.7. The molecule has 2 aliphatic rings. The van der Waals surface area contributed by atoms with Gasteiger partial charge in [-0.05, 0) is 55.9 Å². The highest BCUT2D eigenvalue weighted by Crippen LogP contribution is 2.38. The number of rotatable bonds is 5. The molecule has 1 aromatic carbocycles. The van der Waals surface area contributed by atoms with E-state index in [1.165, 1.54) is 29.4 Å². The smallest absolute Gasteiger partial charge is 0.188 e. The van der Waals surface area contributed by atoms with Gasteiger partial charge < -0.3 is 4.90 Å². The summed E-state index contributed by atoms with van der Waals surface area (Å²) in [6.45, 7) is 11.4. The summed E-state index contributed by atoms with van der Waals surface area (Å²) in [7, 11) is 0. The maximum Gasteiger partial charge on any atom is 0.188 e. The van der Waals surface area contributed by atoms with Crippen LogP contribution in [0.2, 0.25) is 5.02 Å². The summed E-state index contributed by atoms with van der Waals surface area (Å²) in [6.07, 6.45) is 3.56. The van der Waals surface area contributed by atoms with E-state index in [-0.39, 0.29) is 5.82 Å². The molecule has 3 heterocycles. The van der Waals surface area contributed by atoms with Crippen LogP contribution in [0.4, 0.5) is 8.78 Å². The molecule has 4 rings (SSSR count). The van der Waals surface area contributed by atoms with Crippen LogP contribution in [-0.2, 0) is 0 Å². The predicted molar refractivity (Wildman–Crippen MR) is 131 cm³/mol. The molecule has 0 saturated carbocycles. The molecule has 2 aliphatic heterocycles. The van der Waals surface area contributed by atoms with Gasteiger partial charge in [-0.3, -0.25) is 4.99 Å². The van der Waals surface area contributed by atoms with Crippen molar-refractivity contribution < 1.29 is 8.78 Å². The highest BCUT2D eigenvalue weighted by molar-refractivity contribution is 8.06. The lowest BCUT2D eigenvalue weighted by molar-refractivity contribution is 0.245. The molecule has 1 saturated heterocycles. The van der Waals surface area contributed by atoms with Crippen LogP contribution in [0.5, 0.6) is 0 Å². The molecule has 4 nitrogen and oxygen atoms in total. The molecule has 0 spiro atoms. The Morgan fingerprint density at radius 3 is 2.75 bits per heavy atom. The molecule has 0 aliphatic carbocycles. The lowest BCUT2D eigenvalue weighted by Crippen LogP contribution is -2.32. The summed E-state index contributed by atoms with van der Waals surface area (Å²) >= 11 is 7.00. The van der Waals surface area contributed by atoms with Crippen molar-refractivity contribution in [2.45, 2.75) is 33.5 Å². The number of aliphatic imine (C=N–C) groups is 1. The van der Waals surface area contributed by atoms with E-state index < -0.39 is 6.30 Å². The molecule has 0 amide bonds. The Labute approximate surface area is 197 Å². The molecule has 32 heavy (non-hydrogen) atoms. The summed E-state index contributed by atoms with van der Waals surface area (Å²) < 4.78 is 26.9. The highest BCUT2D eigenvalue weighted by atomic mass is 35.5. The number of benzene rings is 1. The minimum Gasteiger partial charge on any atom is -0.329 e. The molecule has 170 valence electrons. The summed E-state index contributed by atoms with van der Waals surface area (Å²) in [5.41, 5.74) is 3.18. The van der Waals surface area contributed by atoms with Crippen LogP contribution in [0.15, 0.2) is 70.2 Å². The van der Waals surface area contributed by atoms with Gasteiger partial charge in [0.15, 0.2) is 6.30 Å². The third-order valence-corrected chi connectivity index (χ3v) is 6.13. The van der Waals surface area contributed by atoms with Crippen molar-refractivity contribution in [2.75, 3.05) is 13.1 Å². The molecule has 1 aromatic heterocycles. The minimum atomic E-state index is -1.12. The van der Waals surface area contributed by atoms with E-state index in [9.17, 15) is 8.78 Å². The molecule has 8 heteroatoms. The van der Waals surface area contributed by atoms with Gasteiger partial charge in [0.2, 0.25) is 0 Å². The first-order valence-electron chi connectivity index (χ1n) is 10.4. The SMILES string of the molecule is C=C(S/C=C\C)C1=NCC(c2ccn(C(C)F)n2)=C2CC(C)CN12.Fc1cccc(Cl)c1. The number of aromatic nitrogens is 2. The number of nitrogens with zero attached hydrogens (tertiary/aromatic N) is 4. The van der Waals surface area contributed by atoms with Crippen LogP contribution in [0, 0.1) is 11.7 Å². The Kier molecular flexibility index (Phi) is 8.32. The third kappa shape index (κ3) is 5.90. The lowest BCUT2D eigenvalue weighted by Gasteiger charge is -2.28. The summed E-state index contributed by atoms with van der Waals surface area (Å²) in [4.78, 5) is 7.98.